The fraction of sp³-hybridized carbons (Fsp3) is 0.739. The Kier molecular flexibility index (Phi) is 8.56. The van der Waals surface area contributed by atoms with E-state index < -0.39 is 12.3 Å². The van der Waals surface area contributed by atoms with Crippen molar-refractivity contribution < 1.29 is 9.50 Å². The molecular weight excluding hydrogens is 339 g/mol. The molecule has 1 aliphatic carbocycles. The summed E-state index contributed by atoms with van der Waals surface area (Å²) in [4.78, 5) is 2.37. The highest BCUT2D eigenvalue weighted by Gasteiger charge is 2.39. The van der Waals surface area contributed by atoms with Crippen molar-refractivity contribution in [2.45, 2.75) is 84.0 Å². The van der Waals surface area contributed by atoms with E-state index in [4.69, 9.17) is 0 Å². The van der Waals surface area contributed by atoms with Gasteiger partial charge in [0, 0.05) is 30.9 Å². The van der Waals surface area contributed by atoms with Gasteiger partial charge in [-0.2, -0.15) is 0 Å². The zero-order chi connectivity index (χ0) is 19.9. The molecule has 3 nitrogen and oxygen atoms in total. The van der Waals surface area contributed by atoms with Crippen molar-refractivity contribution in [2.24, 2.45) is 5.92 Å². The molecule has 0 amide bonds. The minimum absolute atomic E-state index is 0.159. The smallest absolute Gasteiger partial charge is 0.102 e. The lowest BCUT2D eigenvalue weighted by atomic mass is 9.87. The maximum absolute atomic E-state index is 13.9. The van der Waals surface area contributed by atoms with Crippen molar-refractivity contribution in [3.63, 3.8) is 0 Å². The minimum Gasteiger partial charge on any atom is -0.387 e. The van der Waals surface area contributed by atoms with Crippen LogP contribution in [0, 0.1) is 5.92 Å². The van der Waals surface area contributed by atoms with E-state index in [0.29, 0.717) is 25.3 Å². The van der Waals surface area contributed by atoms with Gasteiger partial charge in [-0.1, -0.05) is 39.3 Å². The maximum atomic E-state index is 13.9. The average Bonchev–Trinajstić information content (AvgIpc) is 3.01. The molecule has 0 radical (unpaired) electrons. The number of halogens is 1. The van der Waals surface area contributed by atoms with Gasteiger partial charge in [-0.25, -0.2) is 4.39 Å². The predicted molar refractivity (Wildman–Crippen MR) is 113 cm³/mol. The van der Waals surface area contributed by atoms with Crippen molar-refractivity contribution in [3.05, 3.63) is 29.8 Å². The van der Waals surface area contributed by atoms with Gasteiger partial charge in [-0.3, -0.25) is 0 Å². The predicted octanol–water partition coefficient (Wildman–Crippen LogP) is 5.24. The van der Waals surface area contributed by atoms with Crippen molar-refractivity contribution in [1.29, 1.82) is 0 Å². The van der Waals surface area contributed by atoms with Gasteiger partial charge in [0.25, 0.3) is 0 Å². The Morgan fingerprint density at radius 2 is 1.96 bits per heavy atom. The van der Waals surface area contributed by atoms with Crippen molar-refractivity contribution in [3.8, 4) is 0 Å². The van der Waals surface area contributed by atoms with E-state index in [-0.39, 0.29) is 5.54 Å². The molecule has 0 aromatic heterocycles. The van der Waals surface area contributed by atoms with E-state index in [2.05, 4.69) is 50.0 Å². The molecule has 3 unspecified atom stereocenters. The topological polar surface area (TPSA) is 35.5 Å². The molecule has 2 rings (SSSR count). The third-order valence-corrected chi connectivity index (χ3v) is 5.82. The van der Waals surface area contributed by atoms with Crippen molar-refractivity contribution in [2.75, 3.05) is 24.5 Å². The summed E-state index contributed by atoms with van der Waals surface area (Å²) < 4.78 is 13.9. The number of unbranched alkanes of at least 4 members (excludes halogenated alkanes) is 1. The van der Waals surface area contributed by atoms with Gasteiger partial charge in [0.05, 0.1) is 6.10 Å². The quantitative estimate of drug-likeness (QED) is 0.552. The third kappa shape index (κ3) is 6.46. The number of β-amino-alcohol motifs (C(OH)–C–C–N with tert-alkyl or cyclic N) is 1. The number of benzene rings is 1. The van der Waals surface area contributed by atoms with Crippen LogP contribution in [-0.2, 0) is 0 Å². The molecule has 27 heavy (non-hydrogen) atoms. The Bertz CT molecular complexity index is 548. The van der Waals surface area contributed by atoms with Gasteiger partial charge in [-0.15, -0.1) is 0 Å². The molecule has 4 heteroatoms. The number of hydrogen-bond acceptors (Lipinski definition) is 3. The summed E-state index contributed by atoms with van der Waals surface area (Å²) in [6.45, 7) is 11.3. The summed E-state index contributed by atoms with van der Waals surface area (Å²) in [7, 11) is 0. The lowest BCUT2D eigenvalue weighted by molar-refractivity contribution is 0.146. The van der Waals surface area contributed by atoms with Crippen LogP contribution in [0.2, 0.25) is 0 Å². The number of nitrogens with one attached hydrogen (secondary N) is 1. The minimum atomic E-state index is -0.712. The van der Waals surface area contributed by atoms with Crippen LogP contribution in [-0.4, -0.2) is 36.5 Å². The molecule has 2 N–H and O–H groups in total. The Balaban J connectivity index is 1.95. The van der Waals surface area contributed by atoms with Crippen LogP contribution in [0.4, 0.5) is 10.1 Å². The lowest BCUT2D eigenvalue weighted by Gasteiger charge is -2.33. The fourth-order valence-electron chi connectivity index (χ4n) is 4.42. The van der Waals surface area contributed by atoms with E-state index in [1.807, 2.05) is 12.1 Å². The van der Waals surface area contributed by atoms with Gasteiger partial charge in [0.1, 0.15) is 6.17 Å². The third-order valence-electron chi connectivity index (χ3n) is 5.82. The average molecular weight is 379 g/mol. The van der Waals surface area contributed by atoms with E-state index in [0.717, 1.165) is 31.5 Å². The zero-order valence-corrected chi connectivity index (χ0v) is 17.7. The summed E-state index contributed by atoms with van der Waals surface area (Å²) in [5.74, 6) is 0.516. The summed E-state index contributed by atoms with van der Waals surface area (Å²) >= 11 is 0. The summed E-state index contributed by atoms with van der Waals surface area (Å²) in [5.41, 5.74) is 1.97. The molecule has 1 aromatic carbocycles. The Morgan fingerprint density at radius 1 is 1.26 bits per heavy atom. The van der Waals surface area contributed by atoms with E-state index >= 15 is 0 Å². The van der Waals surface area contributed by atoms with E-state index in [1.54, 1.807) is 0 Å². The van der Waals surface area contributed by atoms with Crippen LogP contribution >= 0.6 is 0 Å². The second-order valence-electron chi connectivity index (χ2n) is 8.64. The molecule has 0 aliphatic heterocycles. The highest BCUT2D eigenvalue weighted by atomic mass is 19.1. The van der Waals surface area contributed by atoms with Gasteiger partial charge in [0.15, 0.2) is 0 Å². The molecule has 1 fully saturated rings. The van der Waals surface area contributed by atoms with Crippen LogP contribution in [0.3, 0.4) is 0 Å². The summed E-state index contributed by atoms with van der Waals surface area (Å²) in [6.07, 6.45) is 4.13. The number of nitrogens with zero attached hydrogens (tertiary/aromatic N) is 1. The standard InChI is InChI=1S/C23H39FN2O/c1-5-7-14-26(6-2)21-10-8-19(9-11-21)22(27)17-25-23(15-18(3)4)13-12-20(24)16-23/h8-11,18,20,22,25,27H,5-7,12-17H2,1-4H3. The molecular formula is C23H39FN2O. The molecule has 1 saturated carbocycles. The maximum Gasteiger partial charge on any atom is 0.102 e. The zero-order valence-electron chi connectivity index (χ0n) is 17.7. The van der Waals surface area contributed by atoms with Crippen LogP contribution in [0.15, 0.2) is 24.3 Å². The SMILES string of the molecule is CCCCN(CC)c1ccc(C(O)CNC2(CC(C)C)CCC(F)C2)cc1. The number of aliphatic hydroxyl groups is 1. The van der Waals surface area contributed by atoms with E-state index in [9.17, 15) is 9.50 Å². The highest BCUT2D eigenvalue weighted by molar-refractivity contribution is 5.47. The first-order chi connectivity index (χ1) is 12.9. The molecule has 3 atom stereocenters. The molecule has 0 heterocycles. The largest absolute Gasteiger partial charge is 0.387 e. The number of alkyl halides is 1. The van der Waals surface area contributed by atoms with Crippen LogP contribution in [0.25, 0.3) is 0 Å². The fourth-order valence-corrected chi connectivity index (χ4v) is 4.42. The molecule has 0 saturated heterocycles. The molecule has 1 aromatic rings. The normalized spacial score (nSPS) is 23.7. The van der Waals surface area contributed by atoms with Crippen LogP contribution in [0.1, 0.15) is 77.9 Å². The highest BCUT2D eigenvalue weighted by Crippen LogP contribution is 2.37. The summed E-state index contributed by atoms with van der Waals surface area (Å²) in [6, 6.07) is 8.26. The van der Waals surface area contributed by atoms with Crippen LogP contribution < -0.4 is 10.2 Å². The Morgan fingerprint density at radius 3 is 2.48 bits per heavy atom. The second-order valence-corrected chi connectivity index (χ2v) is 8.64. The number of hydrogen-bond donors (Lipinski definition) is 2. The first-order valence-corrected chi connectivity index (χ1v) is 10.8. The first-order valence-electron chi connectivity index (χ1n) is 10.8. The number of aliphatic hydroxyl groups excluding tert-OH is 1. The van der Waals surface area contributed by atoms with Crippen molar-refractivity contribution in [1.82, 2.24) is 5.32 Å². The van der Waals surface area contributed by atoms with E-state index in [1.165, 1.54) is 18.5 Å². The van der Waals surface area contributed by atoms with Crippen LogP contribution in [0.5, 0.6) is 0 Å². The number of anilines is 1. The van der Waals surface area contributed by atoms with Gasteiger partial charge in [0.2, 0.25) is 0 Å². The van der Waals surface area contributed by atoms with Gasteiger partial charge >= 0.3 is 0 Å². The molecule has 0 bridgehead atoms. The lowest BCUT2D eigenvalue weighted by Crippen LogP contribution is -2.46. The second kappa shape index (κ2) is 10.4. The molecule has 154 valence electrons. The van der Waals surface area contributed by atoms with Gasteiger partial charge in [-0.05, 0) is 62.6 Å². The molecule has 1 aliphatic rings. The Hall–Kier alpha value is -1.13. The first kappa shape index (κ1) is 22.2. The summed E-state index contributed by atoms with van der Waals surface area (Å²) in [5, 5.41) is 14.2. The monoisotopic (exact) mass is 378 g/mol. The van der Waals surface area contributed by atoms with Crippen molar-refractivity contribution >= 4 is 5.69 Å². The number of rotatable bonds is 11. The molecule has 0 spiro atoms. The van der Waals surface area contributed by atoms with Gasteiger partial charge < -0.3 is 15.3 Å². The Labute approximate surface area is 165 Å².